The molecule has 0 radical (unpaired) electrons. The molecule has 1 unspecified atom stereocenters. The third kappa shape index (κ3) is 4.33. The molecule has 1 saturated carbocycles. The Balaban J connectivity index is 1.62. The maximum absolute atomic E-state index is 13.9. The van der Waals surface area contributed by atoms with Crippen molar-refractivity contribution in [2.75, 3.05) is 18.1 Å². The molecule has 0 aromatic heterocycles. The van der Waals surface area contributed by atoms with Crippen molar-refractivity contribution in [3.63, 3.8) is 0 Å². The molecular formula is C17H23FN2O3S. The van der Waals surface area contributed by atoms with Crippen molar-refractivity contribution in [2.45, 2.75) is 44.3 Å². The van der Waals surface area contributed by atoms with Crippen LogP contribution in [0.1, 0.15) is 31.7 Å². The zero-order valence-corrected chi connectivity index (χ0v) is 14.6. The number of carbonyl (C=O) groups is 1. The van der Waals surface area contributed by atoms with E-state index in [1.54, 1.807) is 25.1 Å². The van der Waals surface area contributed by atoms with Crippen LogP contribution in [0.15, 0.2) is 24.3 Å². The summed E-state index contributed by atoms with van der Waals surface area (Å²) in [7, 11) is -3.06. The van der Waals surface area contributed by atoms with Gasteiger partial charge >= 0.3 is 0 Å². The number of hydrogen-bond donors (Lipinski definition) is 1. The van der Waals surface area contributed by atoms with Gasteiger partial charge in [0.15, 0.2) is 9.84 Å². The molecule has 0 spiro atoms. The number of sulfone groups is 1. The highest BCUT2D eigenvalue weighted by Gasteiger charge is 2.40. The molecule has 1 amide bonds. The van der Waals surface area contributed by atoms with Gasteiger partial charge in [0, 0.05) is 18.2 Å². The summed E-state index contributed by atoms with van der Waals surface area (Å²) in [4.78, 5) is 14.4. The molecule has 2 aliphatic rings. The highest BCUT2D eigenvalue weighted by atomic mass is 32.2. The number of nitrogens with zero attached hydrogens (tertiary/aromatic N) is 1. The van der Waals surface area contributed by atoms with E-state index in [1.807, 2.05) is 4.90 Å². The third-order valence-corrected chi connectivity index (χ3v) is 6.59. The first-order valence-electron chi connectivity index (χ1n) is 8.25. The number of nitrogens with one attached hydrogen (secondary N) is 1. The van der Waals surface area contributed by atoms with Crippen LogP contribution in [0.25, 0.3) is 0 Å². The predicted octanol–water partition coefficient (Wildman–Crippen LogP) is 1.48. The average Bonchev–Trinajstić information content (AvgIpc) is 3.27. The molecule has 1 heterocycles. The minimum atomic E-state index is -3.06. The van der Waals surface area contributed by atoms with E-state index in [0.29, 0.717) is 24.6 Å². The Bertz CT molecular complexity index is 733. The summed E-state index contributed by atoms with van der Waals surface area (Å²) in [6.07, 6.45) is 2.46. The van der Waals surface area contributed by atoms with Gasteiger partial charge in [-0.2, -0.15) is 0 Å². The quantitative estimate of drug-likeness (QED) is 0.840. The van der Waals surface area contributed by atoms with Gasteiger partial charge in [-0.15, -0.1) is 0 Å². The van der Waals surface area contributed by atoms with Crippen molar-refractivity contribution in [1.82, 2.24) is 10.2 Å². The van der Waals surface area contributed by atoms with Crippen molar-refractivity contribution in [3.05, 3.63) is 35.6 Å². The summed E-state index contributed by atoms with van der Waals surface area (Å²) in [6.45, 7) is 2.32. The second-order valence-corrected chi connectivity index (χ2v) is 9.36. The number of carbonyl (C=O) groups excluding carboxylic acids is 1. The van der Waals surface area contributed by atoms with Crippen LogP contribution in [0.2, 0.25) is 0 Å². The van der Waals surface area contributed by atoms with Gasteiger partial charge in [0.2, 0.25) is 5.91 Å². The van der Waals surface area contributed by atoms with Crippen molar-refractivity contribution in [2.24, 2.45) is 0 Å². The maximum atomic E-state index is 13.9. The van der Waals surface area contributed by atoms with Gasteiger partial charge in [-0.1, -0.05) is 18.2 Å². The molecule has 3 rings (SSSR count). The SMILES string of the molecule is CC1(NC(=O)CN(Cc2ccccc2F)C2CC2)CCS(=O)(=O)C1. The molecule has 1 aliphatic carbocycles. The number of hydrogen-bond acceptors (Lipinski definition) is 4. The van der Waals surface area contributed by atoms with Crippen LogP contribution in [0, 0.1) is 5.82 Å². The van der Waals surface area contributed by atoms with Crippen molar-refractivity contribution in [3.8, 4) is 0 Å². The fraction of sp³-hybridized carbons (Fsp3) is 0.588. The Morgan fingerprint density at radius 2 is 2.08 bits per heavy atom. The number of benzene rings is 1. The summed E-state index contributed by atoms with van der Waals surface area (Å²) in [5.74, 6) is -0.358. The normalized spacial score (nSPS) is 25.8. The van der Waals surface area contributed by atoms with E-state index >= 15 is 0 Å². The minimum Gasteiger partial charge on any atom is -0.349 e. The van der Waals surface area contributed by atoms with Crippen LogP contribution in [0.4, 0.5) is 4.39 Å². The zero-order chi connectivity index (χ0) is 17.4. The van der Waals surface area contributed by atoms with E-state index in [9.17, 15) is 17.6 Å². The number of amides is 1. The highest BCUT2D eigenvalue weighted by molar-refractivity contribution is 7.91. The minimum absolute atomic E-state index is 0.0114. The second kappa shape index (κ2) is 6.44. The Morgan fingerprint density at radius 3 is 2.67 bits per heavy atom. The standard InChI is InChI=1S/C17H23FN2O3S/c1-17(8-9-24(22,23)12-17)19-16(21)11-20(14-6-7-14)10-13-4-2-3-5-15(13)18/h2-5,14H,6-12H2,1H3,(H,19,21). The van der Waals surface area contributed by atoms with Crippen LogP contribution >= 0.6 is 0 Å². The lowest BCUT2D eigenvalue weighted by atomic mass is 10.0. The number of rotatable bonds is 6. The van der Waals surface area contributed by atoms with Gasteiger partial charge in [0.25, 0.3) is 0 Å². The Kier molecular flexibility index (Phi) is 4.66. The van der Waals surface area contributed by atoms with E-state index in [-0.39, 0.29) is 29.8 Å². The van der Waals surface area contributed by atoms with E-state index in [1.165, 1.54) is 6.07 Å². The zero-order valence-electron chi connectivity index (χ0n) is 13.8. The van der Waals surface area contributed by atoms with E-state index in [4.69, 9.17) is 0 Å². The molecule has 1 aromatic rings. The van der Waals surface area contributed by atoms with E-state index < -0.39 is 15.4 Å². The molecule has 1 aromatic carbocycles. The molecule has 7 heteroatoms. The van der Waals surface area contributed by atoms with Gasteiger partial charge < -0.3 is 5.32 Å². The fourth-order valence-corrected chi connectivity index (χ4v) is 5.36. The van der Waals surface area contributed by atoms with Gasteiger partial charge in [0.1, 0.15) is 5.82 Å². The molecule has 1 atom stereocenters. The number of halogens is 1. The van der Waals surface area contributed by atoms with Crippen LogP contribution in [-0.4, -0.2) is 48.9 Å². The van der Waals surface area contributed by atoms with Crippen molar-refractivity contribution < 1.29 is 17.6 Å². The summed E-state index contributed by atoms with van der Waals surface area (Å²) in [5.41, 5.74) is -0.116. The molecule has 24 heavy (non-hydrogen) atoms. The maximum Gasteiger partial charge on any atom is 0.234 e. The summed E-state index contributed by atoms with van der Waals surface area (Å²) >= 11 is 0. The smallest absolute Gasteiger partial charge is 0.234 e. The average molecular weight is 354 g/mol. The first-order chi connectivity index (χ1) is 11.3. The fourth-order valence-electron chi connectivity index (χ4n) is 3.27. The molecular weight excluding hydrogens is 331 g/mol. The molecule has 1 saturated heterocycles. The predicted molar refractivity (Wildman–Crippen MR) is 89.7 cm³/mol. The molecule has 0 bridgehead atoms. The lowest BCUT2D eigenvalue weighted by Crippen LogP contribution is -2.50. The van der Waals surface area contributed by atoms with Crippen LogP contribution < -0.4 is 5.32 Å². The van der Waals surface area contributed by atoms with Gasteiger partial charge in [0.05, 0.1) is 23.6 Å². The van der Waals surface area contributed by atoms with Crippen molar-refractivity contribution >= 4 is 15.7 Å². The Morgan fingerprint density at radius 1 is 1.38 bits per heavy atom. The molecule has 1 N–H and O–H groups in total. The monoisotopic (exact) mass is 354 g/mol. The Labute approximate surface area is 142 Å². The highest BCUT2D eigenvalue weighted by Crippen LogP contribution is 2.29. The Hall–Kier alpha value is -1.47. The lowest BCUT2D eigenvalue weighted by Gasteiger charge is -2.27. The van der Waals surface area contributed by atoms with E-state index in [2.05, 4.69) is 5.32 Å². The summed E-state index contributed by atoms with van der Waals surface area (Å²) in [6, 6.07) is 6.89. The van der Waals surface area contributed by atoms with Gasteiger partial charge in [-0.25, -0.2) is 12.8 Å². The van der Waals surface area contributed by atoms with Gasteiger partial charge in [-0.3, -0.25) is 9.69 Å². The first kappa shape index (κ1) is 17.4. The summed E-state index contributed by atoms with van der Waals surface area (Å²) < 4.78 is 37.1. The largest absolute Gasteiger partial charge is 0.349 e. The lowest BCUT2D eigenvalue weighted by molar-refractivity contribution is -0.124. The molecule has 132 valence electrons. The first-order valence-corrected chi connectivity index (χ1v) is 10.1. The molecule has 2 fully saturated rings. The van der Waals surface area contributed by atoms with Crippen molar-refractivity contribution in [1.29, 1.82) is 0 Å². The molecule has 1 aliphatic heterocycles. The van der Waals surface area contributed by atoms with E-state index in [0.717, 1.165) is 12.8 Å². The topological polar surface area (TPSA) is 66.5 Å². The van der Waals surface area contributed by atoms with Crippen LogP contribution in [0.5, 0.6) is 0 Å². The van der Waals surface area contributed by atoms with Crippen LogP contribution in [-0.2, 0) is 21.2 Å². The third-order valence-electron chi connectivity index (χ3n) is 4.69. The van der Waals surface area contributed by atoms with Gasteiger partial charge in [-0.05, 0) is 32.3 Å². The second-order valence-electron chi connectivity index (χ2n) is 7.18. The molecule has 5 nitrogen and oxygen atoms in total. The van der Waals surface area contributed by atoms with Crippen LogP contribution in [0.3, 0.4) is 0 Å². The summed E-state index contributed by atoms with van der Waals surface area (Å²) in [5, 5.41) is 2.87.